The summed E-state index contributed by atoms with van der Waals surface area (Å²) < 4.78 is 2.35. The zero-order valence-electron chi connectivity index (χ0n) is 17.4. The summed E-state index contributed by atoms with van der Waals surface area (Å²) >= 11 is 0. The van der Waals surface area contributed by atoms with Crippen molar-refractivity contribution in [3.05, 3.63) is 84.2 Å². The number of aryl methyl sites for hydroxylation is 1. The van der Waals surface area contributed by atoms with Crippen molar-refractivity contribution >= 4 is 11.0 Å². The second kappa shape index (κ2) is 8.52. The van der Waals surface area contributed by atoms with Crippen molar-refractivity contribution in [1.29, 1.82) is 0 Å². The van der Waals surface area contributed by atoms with Crippen LogP contribution < -0.4 is 5.10 Å². The molecule has 0 fully saturated rings. The third-order valence-corrected chi connectivity index (χ3v) is 5.58. The van der Waals surface area contributed by atoms with E-state index in [0.29, 0.717) is 5.82 Å². The number of nitrogens with zero attached hydrogens (tertiary/aromatic N) is 6. The molecule has 0 amide bonds. The normalized spacial score (nSPS) is 11.3. The first-order valence-corrected chi connectivity index (χ1v) is 10.6. The highest BCUT2D eigenvalue weighted by Gasteiger charge is 2.11. The summed E-state index contributed by atoms with van der Waals surface area (Å²) in [7, 11) is 0. The molecule has 5 aromatic rings. The zero-order valence-corrected chi connectivity index (χ0v) is 17.4. The van der Waals surface area contributed by atoms with Crippen molar-refractivity contribution < 1.29 is 0 Å². The second-order valence-electron chi connectivity index (χ2n) is 7.65. The van der Waals surface area contributed by atoms with Gasteiger partial charge in [0.2, 0.25) is 0 Å². The predicted octanol–water partition coefficient (Wildman–Crippen LogP) is 4.90. The Morgan fingerprint density at radius 2 is 1.65 bits per heavy atom. The van der Waals surface area contributed by atoms with Crippen LogP contribution in [-0.2, 0) is 13.0 Å². The van der Waals surface area contributed by atoms with E-state index in [-0.39, 0.29) is 0 Å². The molecule has 0 spiro atoms. The van der Waals surface area contributed by atoms with Gasteiger partial charge in [-0.15, -0.1) is 0 Å². The minimum absolute atomic E-state index is 0.546. The molecule has 0 aliphatic rings. The Morgan fingerprint density at radius 1 is 0.871 bits per heavy atom. The van der Waals surface area contributed by atoms with Crippen molar-refractivity contribution in [2.75, 3.05) is 0 Å². The van der Waals surface area contributed by atoms with Crippen LogP contribution in [0.4, 0.5) is 0 Å². The van der Waals surface area contributed by atoms with Crippen LogP contribution >= 0.6 is 0 Å². The van der Waals surface area contributed by atoms with E-state index in [0.717, 1.165) is 53.8 Å². The number of hydrogen-bond acceptors (Lipinski definition) is 4. The van der Waals surface area contributed by atoms with E-state index in [9.17, 15) is 0 Å². The summed E-state index contributed by atoms with van der Waals surface area (Å²) in [6, 6.07) is 25.1. The summed E-state index contributed by atoms with van der Waals surface area (Å²) in [5.74, 6) is 1.70. The van der Waals surface area contributed by atoms with Crippen LogP contribution in [0, 0.1) is 0 Å². The van der Waals surface area contributed by atoms with Crippen molar-refractivity contribution in [2.24, 2.45) is 0 Å². The molecule has 6 nitrogen and oxygen atoms in total. The van der Waals surface area contributed by atoms with Crippen LogP contribution in [0.3, 0.4) is 0 Å². The number of tetrazole rings is 1. The van der Waals surface area contributed by atoms with Crippen LogP contribution in [0.2, 0.25) is 0 Å². The maximum Gasteiger partial charge on any atom is 0.110 e. The van der Waals surface area contributed by atoms with Gasteiger partial charge in [-0.25, -0.2) is 4.98 Å². The molecule has 2 aromatic heterocycles. The Balaban J connectivity index is 1.46. The van der Waals surface area contributed by atoms with E-state index in [1.54, 1.807) is 0 Å². The van der Waals surface area contributed by atoms with Gasteiger partial charge in [-0.3, -0.25) is 10.3 Å². The van der Waals surface area contributed by atoms with Crippen LogP contribution in [0.15, 0.2) is 72.8 Å². The molecule has 0 saturated heterocycles. The van der Waals surface area contributed by atoms with Crippen molar-refractivity contribution in [2.45, 2.75) is 32.7 Å². The van der Waals surface area contributed by atoms with Crippen LogP contribution in [0.5, 0.6) is 0 Å². The first-order valence-electron chi connectivity index (χ1n) is 10.6. The minimum Gasteiger partial charge on any atom is -0.330 e. The first kappa shape index (κ1) is 19.2. The Labute approximate surface area is 181 Å². The maximum atomic E-state index is 4.89. The lowest BCUT2D eigenvalue weighted by molar-refractivity contribution is 0.690. The average Bonchev–Trinajstić information content (AvgIpc) is 3.47. The Hall–Kier alpha value is -3.80. The van der Waals surface area contributed by atoms with Gasteiger partial charge in [-0.1, -0.05) is 74.0 Å². The van der Waals surface area contributed by atoms with Gasteiger partial charge in [0.25, 0.3) is 0 Å². The quantitative estimate of drug-likeness (QED) is 0.384. The van der Waals surface area contributed by atoms with Crippen molar-refractivity contribution in [3.8, 4) is 22.5 Å². The summed E-state index contributed by atoms with van der Waals surface area (Å²) in [5.41, 5.74) is 6.62. The van der Waals surface area contributed by atoms with Gasteiger partial charge in [-0.05, 0) is 40.8 Å². The minimum atomic E-state index is 0.546. The standard InChI is InChI=1S/C25H23N6/c1-2-3-12-24-26-22-10-6-7-11-23(22)31(24)17-18-13-15-19(16-14-18)20-8-4-5-9-21(20)25-27-29-30-28-25/h4-11,13-16H,2-3,12,17H2,1H3/q-1. The van der Waals surface area contributed by atoms with E-state index in [2.05, 4.69) is 86.7 Å². The smallest absolute Gasteiger partial charge is 0.110 e. The molecule has 0 atom stereocenters. The van der Waals surface area contributed by atoms with E-state index in [1.165, 1.54) is 11.1 Å². The number of fused-ring (bicyclic) bond motifs is 1. The van der Waals surface area contributed by atoms with E-state index >= 15 is 0 Å². The molecular weight excluding hydrogens is 384 g/mol. The number of para-hydroxylation sites is 2. The van der Waals surface area contributed by atoms with E-state index in [1.807, 2.05) is 18.2 Å². The molecular formula is C25H23N6-. The third-order valence-electron chi connectivity index (χ3n) is 5.58. The van der Waals surface area contributed by atoms with Gasteiger partial charge in [-0.2, -0.15) is 5.21 Å². The molecule has 6 heteroatoms. The molecule has 0 unspecified atom stereocenters. The molecule has 154 valence electrons. The largest absolute Gasteiger partial charge is 0.330 e. The highest BCUT2D eigenvalue weighted by molar-refractivity contribution is 5.80. The fourth-order valence-electron chi connectivity index (χ4n) is 3.98. The van der Waals surface area contributed by atoms with Gasteiger partial charge in [0, 0.05) is 18.8 Å². The number of aromatic nitrogens is 6. The molecule has 0 saturated carbocycles. The van der Waals surface area contributed by atoms with Gasteiger partial charge in [0.05, 0.1) is 11.0 Å². The fourth-order valence-corrected chi connectivity index (χ4v) is 3.98. The lowest BCUT2D eigenvalue weighted by atomic mass is 9.98. The van der Waals surface area contributed by atoms with Crippen LogP contribution in [0.1, 0.15) is 31.2 Å². The highest BCUT2D eigenvalue weighted by atomic mass is 15.5. The molecule has 5 rings (SSSR count). The predicted molar refractivity (Wildman–Crippen MR) is 121 cm³/mol. The lowest BCUT2D eigenvalue weighted by Gasteiger charge is -2.12. The van der Waals surface area contributed by atoms with Crippen LogP contribution in [-0.4, -0.2) is 25.1 Å². The van der Waals surface area contributed by atoms with Gasteiger partial charge < -0.3 is 9.67 Å². The maximum absolute atomic E-state index is 4.89. The Kier molecular flexibility index (Phi) is 5.27. The molecule has 0 bridgehead atoms. The number of unbranched alkanes of at least 4 members (excludes halogenated alkanes) is 1. The van der Waals surface area contributed by atoms with Gasteiger partial charge >= 0.3 is 0 Å². The highest BCUT2D eigenvalue weighted by Crippen LogP contribution is 2.30. The monoisotopic (exact) mass is 407 g/mol. The summed E-state index contributed by atoms with van der Waals surface area (Å²) in [6.07, 6.45) is 3.31. The number of benzene rings is 3. The SMILES string of the molecule is CCCCc1nc2ccccc2n1Cc1ccc(-c2ccccc2-c2nnn[n-]2)cc1. The number of hydrogen-bond donors (Lipinski definition) is 0. The fraction of sp³-hybridized carbons (Fsp3) is 0.200. The topological polar surface area (TPSA) is 70.6 Å². The van der Waals surface area contributed by atoms with Crippen LogP contribution in [0.25, 0.3) is 33.5 Å². The zero-order chi connectivity index (χ0) is 21.0. The molecule has 0 N–H and O–H groups in total. The molecule has 0 aliphatic carbocycles. The average molecular weight is 408 g/mol. The number of imidazole rings is 1. The van der Waals surface area contributed by atoms with Gasteiger partial charge in [0.1, 0.15) is 5.82 Å². The molecule has 31 heavy (non-hydrogen) atoms. The first-order chi connectivity index (χ1) is 15.3. The Bertz CT molecular complexity index is 1290. The number of rotatable bonds is 7. The molecule has 0 radical (unpaired) electrons. The van der Waals surface area contributed by atoms with Gasteiger partial charge in [0.15, 0.2) is 0 Å². The Morgan fingerprint density at radius 3 is 2.42 bits per heavy atom. The van der Waals surface area contributed by atoms with Crippen molar-refractivity contribution in [1.82, 2.24) is 30.2 Å². The van der Waals surface area contributed by atoms with E-state index in [4.69, 9.17) is 4.98 Å². The summed E-state index contributed by atoms with van der Waals surface area (Å²) in [4.78, 5) is 4.89. The second-order valence-corrected chi connectivity index (χ2v) is 7.65. The molecule has 0 aliphatic heterocycles. The summed E-state index contributed by atoms with van der Waals surface area (Å²) in [5, 5.41) is 15.3. The molecule has 3 aromatic carbocycles. The summed E-state index contributed by atoms with van der Waals surface area (Å²) in [6.45, 7) is 3.03. The van der Waals surface area contributed by atoms with Crippen molar-refractivity contribution in [3.63, 3.8) is 0 Å². The van der Waals surface area contributed by atoms with E-state index < -0.39 is 0 Å². The molecule has 2 heterocycles. The lowest BCUT2D eigenvalue weighted by Crippen LogP contribution is -2.05. The third kappa shape index (κ3) is 3.84.